The van der Waals surface area contributed by atoms with Gasteiger partial charge in [0.2, 0.25) is 11.8 Å². The summed E-state index contributed by atoms with van der Waals surface area (Å²) in [6.45, 7) is 7.71. The maximum absolute atomic E-state index is 13.3. The Balaban J connectivity index is 1.11. The normalized spacial score (nSPS) is 31.2. The van der Waals surface area contributed by atoms with Crippen LogP contribution in [0.2, 0.25) is 0 Å². The quantitative estimate of drug-likeness (QED) is 0.318. The molecule has 4 unspecified atom stereocenters. The number of imide groups is 1. The summed E-state index contributed by atoms with van der Waals surface area (Å²) in [5.74, 6) is -2.82. The van der Waals surface area contributed by atoms with Crippen LogP contribution in [0.1, 0.15) is 44.6 Å². The maximum Gasteiger partial charge on any atom is 0.303 e. The molecular weight excluding hydrogens is 446 g/mol. The first-order valence-corrected chi connectivity index (χ1v) is 12.9. The Labute approximate surface area is 206 Å². The van der Waals surface area contributed by atoms with Crippen molar-refractivity contribution in [2.45, 2.75) is 51.2 Å². The number of hydrogen-bond donors (Lipinski definition) is 0. The summed E-state index contributed by atoms with van der Waals surface area (Å²) in [7, 11) is 0. The molecule has 3 aliphatic carbocycles. The van der Waals surface area contributed by atoms with Crippen molar-refractivity contribution < 1.29 is 23.9 Å². The van der Waals surface area contributed by atoms with Gasteiger partial charge in [-0.05, 0) is 37.8 Å². The molecule has 2 heterocycles. The number of benzene rings is 1. The fourth-order valence-electron chi connectivity index (χ4n) is 6.70. The van der Waals surface area contributed by atoms with Gasteiger partial charge in [-0.1, -0.05) is 30.3 Å². The lowest BCUT2D eigenvalue weighted by Crippen LogP contribution is -2.60. The number of carbonyl (C=O) groups excluding carboxylic acids is 4. The highest BCUT2D eigenvalue weighted by Gasteiger charge is 2.68. The lowest BCUT2D eigenvalue weighted by molar-refractivity contribution is -0.189. The first kappa shape index (κ1) is 24.1. The average Bonchev–Trinajstić information content (AvgIpc) is 3.10. The average molecular weight is 482 g/mol. The second-order valence-electron chi connectivity index (χ2n) is 10.6. The number of unbranched alkanes of at least 4 members (excludes halogenated alkanes) is 1. The number of rotatable bonds is 8. The molecule has 0 N–H and O–H groups in total. The summed E-state index contributed by atoms with van der Waals surface area (Å²) >= 11 is 0. The monoisotopic (exact) mass is 481 g/mol. The summed E-state index contributed by atoms with van der Waals surface area (Å²) in [5, 5.41) is 0. The van der Waals surface area contributed by atoms with E-state index in [0.717, 1.165) is 52.1 Å². The number of carbonyl (C=O) groups is 4. The standard InChI is InChI=1S/C27H35N3O5/c1-19(31)35-27-10-9-21(22(32)17-27)23-24(27)26(34)30(25(23)33)12-6-5-11-28-13-15-29(16-14-28)18-20-7-3-2-4-8-20/h2-4,7-8,21,23-24H,5-6,9-18H2,1H3. The minimum Gasteiger partial charge on any atom is -0.458 e. The van der Waals surface area contributed by atoms with Crippen molar-refractivity contribution in [1.82, 2.24) is 14.7 Å². The van der Waals surface area contributed by atoms with Gasteiger partial charge in [0, 0.05) is 58.5 Å². The van der Waals surface area contributed by atoms with E-state index < -0.39 is 29.3 Å². The van der Waals surface area contributed by atoms with Crippen LogP contribution in [0.5, 0.6) is 0 Å². The molecule has 0 radical (unpaired) electrons. The highest BCUT2D eigenvalue weighted by atomic mass is 16.6. The molecule has 5 fully saturated rings. The minimum atomic E-state index is -1.14. The molecule has 1 aromatic carbocycles. The molecular formula is C27H35N3O5. The van der Waals surface area contributed by atoms with Crippen LogP contribution in [0.4, 0.5) is 0 Å². The molecule has 6 rings (SSSR count). The molecule has 8 nitrogen and oxygen atoms in total. The number of esters is 1. The Morgan fingerprint density at radius 1 is 0.971 bits per heavy atom. The van der Waals surface area contributed by atoms with Gasteiger partial charge < -0.3 is 9.64 Å². The topological polar surface area (TPSA) is 87.2 Å². The van der Waals surface area contributed by atoms with E-state index in [9.17, 15) is 19.2 Å². The van der Waals surface area contributed by atoms with Gasteiger partial charge in [-0.3, -0.25) is 29.0 Å². The number of nitrogens with zero attached hydrogens (tertiary/aromatic N) is 3. The molecule has 1 aromatic rings. The van der Waals surface area contributed by atoms with Crippen LogP contribution >= 0.6 is 0 Å². The van der Waals surface area contributed by atoms with Gasteiger partial charge in [0.25, 0.3) is 0 Å². The third-order valence-corrected chi connectivity index (χ3v) is 8.38. The molecule has 2 bridgehead atoms. The van der Waals surface area contributed by atoms with Gasteiger partial charge in [0.1, 0.15) is 11.4 Å². The molecule has 0 aromatic heterocycles. The van der Waals surface area contributed by atoms with Crippen molar-refractivity contribution >= 4 is 23.6 Å². The molecule has 3 saturated carbocycles. The Kier molecular flexibility index (Phi) is 6.77. The lowest BCUT2D eigenvalue weighted by atomic mass is 9.56. The number of ether oxygens (including phenoxy) is 1. The molecule has 2 amide bonds. The van der Waals surface area contributed by atoms with Crippen LogP contribution in [-0.2, 0) is 30.5 Å². The van der Waals surface area contributed by atoms with Crippen molar-refractivity contribution in [2.75, 3.05) is 39.3 Å². The van der Waals surface area contributed by atoms with E-state index in [-0.39, 0.29) is 24.0 Å². The van der Waals surface area contributed by atoms with Gasteiger partial charge in [-0.2, -0.15) is 0 Å². The zero-order chi connectivity index (χ0) is 24.6. The lowest BCUT2D eigenvalue weighted by Gasteiger charge is -2.49. The van der Waals surface area contributed by atoms with Crippen LogP contribution in [0, 0.1) is 17.8 Å². The number of piperazine rings is 1. The fraction of sp³-hybridized carbons (Fsp3) is 0.630. The Bertz CT molecular complexity index is 986. The van der Waals surface area contributed by atoms with Crippen molar-refractivity contribution in [2.24, 2.45) is 17.8 Å². The number of likely N-dealkylation sites (tertiary alicyclic amines) is 1. The number of fused-ring (bicyclic) bond motifs is 2. The molecule has 4 atom stereocenters. The van der Waals surface area contributed by atoms with Crippen molar-refractivity contribution in [3.8, 4) is 0 Å². The van der Waals surface area contributed by atoms with Crippen LogP contribution in [0.3, 0.4) is 0 Å². The van der Waals surface area contributed by atoms with Crippen LogP contribution < -0.4 is 0 Å². The SMILES string of the molecule is CC(=O)OC12CCC(C(=O)C1)C1C(=O)N(CCCCN3CCN(Cc4ccccc4)CC3)C(=O)C12. The van der Waals surface area contributed by atoms with E-state index in [1.54, 1.807) is 0 Å². The van der Waals surface area contributed by atoms with Crippen LogP contribution in [0.25, 0.3) is 0 Å². The van der Waals surface area contributed by atoms with E-state index in [1.165, 1.54) is 17.4 Å². The van der Waals surface area contributed by atoms with Crippen molar-refractivity contribution in [1.29, 1.82) is 0 Å². The number of Topliss-reactive ketones (excluding diaryl/α,β-unsaturated/α-hetero) is 1. The van der Waals surface area contributed by atoms with Crippen LogP contribution in [0.15, 0.2) is 30.3 Å². The van der Waals surface area contributed by atoms with Crippen molar-refractivity contribution in [3.63, 3.8) is 0 Å². The van der Waals surface area contributed by atoms with Gasteiger partial charge in [0.15, 0.2) is 0 Å². The van der Waals surface area contributed by atoms with E-state index >= 15 is 0 Å². The largest absolute Gasteiger partial charge is 0.458 e. The van der Waals surface area contributed by atoms with E-state index in [2.05, 4.69) is 34.1 Å². The molecule has 35 heavy (non-hydrogen) atoms. The minimum absolute atomic E-state index is 0.0480. The summed E-state index contributed by atoms with van der Waals surface area (Å²) in [4.78, 5) is 57.2. The Morgan fingerprint density at radius 3 is 2.34 bits per heavy atom. The molecule has 2 saturated heterocycles. The summed E-state index contributed by atoms with van der Waals surface area (Å²) < 4.78 is 5.60. The van der Waals surface area contributed by atoms with E-state index in [4.69, 9.17) is 4.74 Å². The van der Waals surface area contributed by atoms with Crippen molar-refractivity contribution in [3.05, 3.63) is 35.9 Å². The first-order chi connectivity index (χ1) is 16.9. The molecule has 2 aliphatic heterocycles. The molecule has 188 valence electrons. The second-order valence-corrected chi connectivity index (χ2v) is 10.6. The molecule has 0 spiro atoms. The third-order valence-electron chi connectivity index (χ3n) is 8.38. The zero-order valence-electron chi connectivity index (χ0n) is 20.5. The highest BCUT2D eigenvalue weighted by Crippen LogP contribution is 2.55. The Morgan fingerprint density at radius 2 is 1.66 bits per heavy atom. The maximum atomic E-state index is 13.3. The predicted octanol–water partition coefficient (Wildman–Crippen LogP) is 1.87. The first-order valence-electron chi connectivity index (χ1n) is 12.9. The Hall–Kier alpha value is -2.58. The fourth-order valence-corrected chi connectivity index (χ4v) is 6.70. The van der Waals surface area contributed by atoms with E-state index in [1.807, 2.05) is 6.07 Å². The molecule has 5 aliphatic rings. The second kappa shape index (κ2) is 9.82. The highest BCUT2D eigenvalue weighted by molar-refractivity contribution is 6.09. The summed E-state index contributed by atoms with van der Waals surface area (Å²) in [6.07, 6.45) is 2.69. The van der Waals surface area contributed by atoms with Gasteiger partial charge in [0.05, 0.1) is 11.8 Å². The number of ketones is 1. The summed E-state index contributed by atoms with van der Waals surface area (Å²) in [5.41, 5.74) is 0.204. The predicted molar refractivity (Wildman–Crippen MR) is 128 cm³/mol. The number of amides is 2. The van der Waals surface area contributed by atoms with Gasteiger partial charge in [-0.25, -0.2) is 0 Å². The number of hydrogen-bond acceptors (Lipinski definition) is 7. The molecule has 8 heteroatoms. The van der Waals surface area contributed by atoms with Gasteiger partial charge in [-0.15, -0.1) is 0 Å². The smallest absolute Gasteiger partial charge is 0.303 e. The van der Waals surface area contributed by atoms with E-state index in [0.29, 0.717) is 19.4 Å². The van der Waals surface area contributed by atoms with Crippen LogP contribution in [-0.4, -0.2) is 83.1 Å². The zero-order valence-corrected chi connectivity index (χ0v) is 20.5. The summed E-state index contributed by atoms with van der Waals surface area (Å²) in [6, 6.07) is 10.5. The third kappa shape index (κ3) is 4.66. The van der Waals surface area contributed by atoms with Gasteiger partial charge >= 0.3 is 5.97 Å².